The van der Waals surface area contributed by atoms with Gasteiger partial charge in [-0.05, 0) is 53.6 Å². The van der Waals surface area contributed by atoms with Gasteiger partial charge in [-0.3, -0.25) is 4.98 Å². The van der Waals surface area contributed by atoms with Crippen LogP contribution in [0.3, 0.4) is 0 Å². The lowest BCUT2D eigenvalue weighted by Gasteiger charge is -2.08. The number of aromatic nitrogens is 5. The zero-order chi connectivity index (χ0) is 21.8. The molecule has 5 aromatic rings. The molecule has 7 heteroatoms. The quantitative estimate of drug-likeness (QED) is 0.349. The molecule has 160 valence electrons. The Hall–Kier alpha value is -3.84. The van der Waals surface area contributed by atoms with E-state index in [1.54, 1.807) is 13.3 Å². The smallest absolute Gasteiger partial charge is 0.179 e. The van der Waals surface area contributed by atoms with Gasteiger partial charge < -0.3 is 9.47 Å². The highest BCUT2D eigenvalue weighted by Gasteiger charge is 2.09. The Kier molecular flexibility index (Phi) is 5.72. The first-order valence-electron chi connectivity index (χ1n) is 10.5. The van der Waals surface area contributed by atoms with Crippen molar-refractivity contribution in [2.75, 3.05) is 20.3 Å². The van der Waals surface area contributed by atoms with Gasteiger partial charge >= 0.3 is 0 Å². The Morgan fingerprint density at radius 1 is 0.875 bits per heavy atom. The number of hydrogen-bond acceptors (Lipinski definition) is 6. The number of pyridine rings is 2. The second-order valence-electron chi connectivity index (χ2n) is 7.59. The molecule has 0 saturated carbocycles. The molecule has 0 unspecified atom stereocenters. The van der Waals surface area contributed by atoms with Gasteiger partial charge in [-0.15, -0.1) is 5.10 Å². The molecule has 0 N–H and O–H groups in total. The third-order valence-electron chi connectivity index (χ3n) is 5.26. The molecule has 0 radical (unpaired) electrons. The summed E-state index contributed by atoms with van der Waals surface area (Å²) in [5, 5.41) is 9.73. The molecule has 0 aliphatic rings. The van der Waals surface area contributed by atoms with E-state index in [1.165, 1.54) is 0 Å². The van der Waals surface area contributed by atoms with Crippen LogP contribution in [0.2, 0.25) is 0 Å². The molecule has 0 spiro atoms. The highest BCUT2D eigenvalue weighted by Crippen LogP contribution is 2.19. The first kappa shape index (κ1) is 20.1. The van der Waals surface area contributed by atoms with Gasteiger partial charge in [0.2, 0.25) is 0 Å². The van der Waals surface area contributed by atoms with Crippen molar-refractivity contribution < 1.29 is 9.47 Å². The van der Waals surface area contributed by atoms with Crippen molar-refractivity contribution in [1.29, 1.82) is 0 Å². The number of methoxy groups -OCH3 is 1. The van der Waals surface area contributed by atoms with E-state index >= 15 is 0 Å². The van der Waals surface area contributed by atoms with Gasteiger partial charge in [-0.1, -0.05) is 29.5 Å². The summed E-state index contributed by atoms with van der Waals surface area (Å²) in [4.78, 5) is 9.24. The Morgan fingerprint density at radius 2 is 1.81 bits per heavy atom. The van der Waals surface area contributed by atoms with Crippen molar-refractivity contribution in [1.82, 2.24) is 25.0 Å². The third kappa shape index (κ3) is 4.43. The SMILES string of the molecule is COCCOc1cccc(Cc2ccc3nnn(Cc4ccc5ncccc5c4)c3n2)c1. The van der Waals surface area contributed by atoms with Crippen LogP contribution in [0.4, 0.5) is 0 Å². The van der Waals surface area contributed by atoms with E-state index in [2.05, 4.69) is 39.6 Å². The molecule has 0 bridgehead atoms. The number of ether oxygens (including phenoxy) is 2. The molecule has 0 saturated heterocycles. The maximum absolute atomic E-state index is 5.72. The van der Waals surface area contributed by atoms with E-state index in [4.69, 9.17) is 14.5 Å². The molecule has 0 fully saturated rings. The van der Waals surface area contributed by atoms with E-state index in [0.717, 1.165) is 44.6 Å². The van der Waals surface area contributed by atoms with Crippen LogP contribution in [0.15, 0.2) is 72.9 Å². The predicted molar refractivity (Wildman–Crippen MR) is 123 cm³/mol. The molecule has 5 rings (SSSR count). The van der Waals surface area contributed by atoms with Crippen molar-refractivity contribution >= 4 is 22.1 Å². The molecule has 32 heavy (non-hydrogen) atoms. The molecule has 0 aliphatic heterocycles. The summed E-state index contributed by atoms with van der Waals surface area (Å²) >= 11 is 0. The summed E-state index contributed by atoms with van der Waals surface area (Å²) in [6, 6.07) is 22.3. The third-order valence-corrected chi connectivity index (χ3v) is 5.26. The molecule has 7 nitrogen and oxygen atoms in total. The summed E-state index contributed by atoms with van der Waals surface area (Å²) in [6.07, 6.45) is 2.50. The van der Waals surface area contributed by atoms with Crippen LogP contribution < -0.4 is 4.74 Å². The lowest BCUT2D eigenvalue weighted by molar-refractivity contribution is 0.146. The van der Waals surface area contributed by atoms with E-state index in [-0.39, 0.29) is 0 Å². The second kappa shape index (κ2) is 9.11. The second-order valence-corrected chi connectivity index (χ2v) is 7.59. The van der Waals surface area contributed by atoms with E-state index in [0.29, 0.717) is 26.2 Å². The van der Waals surface area contributed by atoms with Gasteiger partial charge in [0.25, 0.3) is 0 Å². The molecule has 3 heterocycles. The summed E-state index contributed by atoms with van der Waals surface area (Å²) in [5.41, 5.74) is 5.76. The Balaban J connectivity index is 1.37. The van der Waals surface area contributed by atoms with Crippen molar-refractivity contribution in [3.63, 3.8) is 0 Å². The zero-order valence-corrected chi connectivity index (χ0v) is 17.8. The molecular weight excluding hydrogens is 402 g/mol. The molecule has 2 aromatic carbocycles. The predicted octanol–water partition coefficient (Wildman–Crippen LogP) is 4.04. The highest BCUT2D eigenvalue weighted by atomic mass is 16.5. The zero-order valence-electron chi connectivity index (χ0n) is 17.8. The lowest BCUT2D eigenvalue weighted by atomic mass is 10.1. The van der Waals surface area contributed by atoms with Crippen LogP contribution in [-0.2, 0) is 17.7 Å². The summed E-state index contributed by atoms with van der Waals surface area (Å²) < 4.78 is 12.6. The highest BCUT2D eigenvalue weighted by molar-refractivity contribution is 5.79. The first-order chi connectivity index (χ1) is 15.8. The van der Waals surface area contributed by atoms with Gasteiger partial charge in [0, 0.05) is 30.8 Å². The van der Waals surface area contributed by atoms with Crippen LogP contribution in [0.5, 0.6) is 5.75 Å². The van der Waals surface area contributed by atoms with Crippen molar-refractivity contribution in [2.24, 2.45) is 0 Å². The van der Waals surface area contributed by atoms with Gasteiger partial charge in [0.05, 0.1) is 18.7 Å². The van der Waals surface area contributed by atoms with Gasteiger partial charge in [-0.2, -0.15) is 0 Å². The Morgan fingerprint density at radius 3 is 2.75 bits per heavy atom. The molecule has 0 aliphatic carbocycles. The fraction of sp³-hybridized carbons (Fsp3) is 0.200. The van der Waals surface area contributed by atoms with E-state index < -0.39 is 0 Å². The van der Waals surface area contributed by atoms with Crippen LogP contribution >= 0.6 is 0 Å². The summed E-state index contributed by atoms with van der Waals surface area (Å²) in [6.45, 7) is 1.69. The van der Waals surface area contributed by atoms with Crippen LogP contribution in [0.1, 0.15) is 16.8 Å². The van der Waals surface area contributed by atoms with E-state index in [1.807, 2.05) is 47.1 Å². The van der Waals surface area contributed by atoms with Crippen molar-refractivity contribution in [3.8, 4) is 5.75 Å². The Bertz CT molecular complexity index is 1370. The molecular formula is C25H23N5O2. The normalized spacial score (nSPS) is 11.3. The summed E-state index contributed by atoms with van der Waals surface area (Å²) in [5.74, 6) is 0.832. The molecule has 0 amide bonds. The van der Waals surface area contributed by atoms with Crippen LogP contribution in [-0.4, -0.2) is 45.3 Å². The number of benzene rings is 2. The molecule has 3 aromatic heterocycles. The number of fused-ring (bicyclic) bond motifs is 2. The van der Waals surface area contributed by atoms with Crippen LogP contribution in [0, 0.1) is 0 Å². The number of nitrogens with zero attached hydrogens (tertiary/aromatic N) is 5. The average molecular weight is 425 g/mol. The molecule has 0 atom stereocenters. The fourth-order valence-electron chi connectivity index (χ4n) is 3.69. The lowest BCUT2D eigenvalue weighted by Crippen LogP contribution is -2.05. The largest absolute Gasteiger partial charge is 0.491 e. The monoisotopic (exact) mass is 425 g/mol. The maximum atomic E-state index is 5.72. The minimum atomic E-state index is 0.528. The van der Waals surface area contributed by atoms with Crippen LogP contribution in [0.25, 0.3) is 22.1 Å². The minimum Gasteiger partial charge on any atom is -0.491 e. The standard InChI is InChI=1S/C25H23N5O2/c1-31-12-13-32-22-6-2-4-18(16-22)15-21-8-10-24-25(27-21)30(29-28-24)17-19-7-9-23-20(14-19)5-3-11-26-23/h2-11,14,16H,12-13,15,17H2,1H3. The summed E-state index contributed by atoms with van der Waals surface area (Å²) in [7, 11) is 1.67. The van der Waals surface area contributed by atoms with Gasteiger partial charge in [-0.25, -0.2) is 9.67 Å². The first-order valence-corrected chi connectivity index (χ1v) is 10.5. The number of hydrogen-bond donors (Lipinski definition) is 0. The van der Waals surface area contributed by atoms with E-state index in [9.17, 15) is 0 Å². The van der Waals surface area contributed by atoms with Crippen molar-refractivity contribution in [3.05, 3.63) is 89.7 Å². The Labute approximate surface area is 185 Å². The maximum Gasteiger partial charge on any atom is 0.179 e. The van der Waals surface area contributed by atoms with Gasteiger partial charge in [0.1, 0.15) is 17.9 Å². The van der Waals surface area contributed by atoms with Crippen molar-refractivity contribution in [2.45, 2.75) is 13.0 Å². The minimum absolute atomic E-state index is 0.528. The fourth-order valence-corrected chi connectivity index (χ4v) is 3.69. The topological polar surface area (TPSA) is 75.0 Å². The average Bonchev–Trinajstić information content (AvgIpc) is 3.21. The number of rotatable bonds is 8. The van der Waals surface area contributed by atoms with Gasteiger partial charge in [0.15, 0.2) is 5.65 Å².